The zero-order valence-corrected chi connectivity index (χ0v) is 17.6. The third kappa shape index (κ3) is 3.23. The maximum absolute atomic E-state index is 12.2. The van der Waals surface area contributed by atoms with Gasteiger partial charge in [0.15, 0.2) is 0 Å². The molecule has 0 saturated heterocycles. The molecule has 2 aromatic carbocycles. The molecule has 1 spiro atoms. The second kappa shape index (κ2) is 7.32. The lowest BCUT2D eigenvalue weighted by Gasteiger charge is -2.34. The highest BCUT2D eigenvalue weighted by atomic mass is 16.7. The van der Waals surface area contributed by atoms with E-state index < -0.39 is 11.4 Å². The summed E-state index contributed by atoms with van der Waals surface area (Å²) in [5.74, 6) is -1.12. The first kappa shape index (κ1) is 20.0. The summed E-state index contributed by atoms with van der Waals surface area (Å²) in [5, 5.41) is 14.5. The standard InChI is InChI=1S/C25H21N3O4/c1-24(2)19-5-3-4-6-20(19)25(32-24)12-9-16-7-8-21(29)18(22(16)31-25)15-27-28-23(30)17-10-13-26-14-11-17/h3-15,29H,1-2H3,(H,28,30)/b27-15+. The highest BCUT2D eigenvalue weighted by Crippen LogP contribution is 2.51. The van der Waals surface area contributed by atoms with Crippen molar-refractivity contribution >= 4 is 18.2 Å². The van der Waals surface area contributed by atoms with Crippen molar-refractivity contribution in [3.05, 3.63) is 94.8 Å². The zero-order chi connectivity index (χ0) is 22.3. The molecule has 1 unspecified atom stereocenters. The quantitative estimate of drug-likeness (QED) is 0.485. The van der Waals surface area contributed by atoms with E-state index >= 15 is 0 Å². The molecule has 0 fully saturated rings. The Hall–Kier alpha value is -3.97. The number of benzene rings is 2. The number of nitrogens with zero attached hydrogens (tertiary/aromatic N) is 2. The molecule has 160 valence electrons. The van der Waals surface area contributed by atoms with Crippen LogP contribution in [0.2, 0.25) is 0 Å². The van der Waals surface area contributed by atoms with Gasteiger partial charge in [0.1, 0.15) is 11.5 Å². The predicted molar refractivity (Wildman–Crippen MR) is 119 cm³/mol. The Morgan fingerprint density at radius 1 is 1.09 bits per heavy atom. The molecule has 2 aliphatic rings. The third-order valence-corrected chi connectivity index (χ3v) is 5.60. The maximum atomic E-state index is 12.2. The van der Waals surface area contributed by atoms with Gasteiger partial charge in [-0.2, -0.15) is 5.10 Å². The van der Waals surface area contributed by atoms with Crippen LogP contribution in [0.15, 0.2) is 72.1 Å². The second-order valence-electron chi connectivity index (χ2n) is 8.11. The fourth-order valence-electron chi connectivity index (χ4n) is 4.08. The number of hydrogen-bond donors (Lipinski definition) is 2. The highest BCUT2D eigenvalue weighted by molar-refractivity contribution is 5.95. The van der Waals surface area contributed by atoms with Gasteiger partial charge in [-0.1, -0.05) is 24.3 Å². The zero-order valence-electron chi connectivity index (χ0n) is 17.6. The van der Waals surface area contributed by atoms with Crippen LogP contribution in [0.3, 0.4) is 0 Å². The van der Waals surface area contributed by atoms with E-state index in [-0.39, 0.29) is 11.7 Å². The van der Waals surface area contributed by atoms with Gasteiger partial charge in [-0.25, -0.2) is 5.43 Å². The summed E-state index contributed by atoms with van der Waals surface area (Å²) in [4.78, 5) is 16.1. The van der Waals surface area contributed by atoms with Gasteiger partial charge in [-0.05, 0) is 55.8 Å². The number of fused-ring (bicyclic) bond motifs is 3. The SMILES string of the molecule is CC1(C)OC2(C=Cc3ccc(O)c(/C=N/NC(=O)c4ccncc4)c3O2)c2ccccc21. The van der Waals surface area contributed by atoms with E-state index in [4.69, 9.17) is 9.47 Å². The molecule has 0 saturated carbocycles. The molecule has 5 rings (SSSR count). The Kier molecular flexibility index (Phi) is 4.56. The molecule has 1 amide bonds. The number of ether oxygens (including phenoxy) is 2. The summed E-state index contributed by atoms with van der Waals surface area (Å²) in [6, 6.07) is 14.4. The van der Waals surface area contributed by atoms with E-state index in [9.17, 15) is 9.90 Å². The van der Waals surface area contributed by atoms with Gasteiger partial charge in [0.2, 0.25) is 0 Å². The number of carbonyl (C=O) groups is 1. The third-order valence-electron chi connectivity index (χ3n) is 5.60. The molecule has 0 bridgehead atoms. The number of phenols is 1. The van der Waals surface area contributed by atoms with Crippen LogP contribution in [-0.2, 0) is 16.1 Å². The fourth-order valence-corrected chi connectivity index (χ4v) is 4.08. The minimum Gasteiger partial charge on any atom is -0.507 e. The topological polar surface area (TPSA) is 93.0 Å². The summed E-state index contributed by atoms with van der Waals surface area (Å²) in [7, 11) is 0. The van der Waals surface area contributed by atoms with E-state index in [1.54, 1.807) is 24.3 Å². The summed E-state index contributed by atoms with van der Waals surface area (Å²) in [6.07, 6.45) is 8.21. The van der Waals surface area contributed by atoms with Crippen molar-refractivity contribution < 1.29 is 19.4 Å². The summed E-state index contributed by atoms with van der Waals surface area (Å²) in [5.41, 5.74) is 5.38. The van der Waals surface area contributed by atoms with Crippen LogP contribution in [0.4, 0.5) is 0 Å². The van der Waals surface area contributed by atoms with Crippen molar-refractivity contribution in [1.29, 1.82) is 0 Å². The molecule has 7 nitrogen and oxygen atoms in total. The maximum Gasteiger partial charge on any atom is 0.271 e. The molecule has 3 aromatic rings. The molecule has 3 heterocycles. The Morgan fingerprint density at radius 3 is 2.62 bits per heavy atom. The number of aromatic nitrogens is 1. The van der Waals surface area contributed by atoms with Crippen molar-refractivity contribution in [1.82, 2.24) is 10.4 Å². The van der Waals surface area contributed by atoms with Gasteiger partial charge in [0.25, 0.3) is 11.7 Å². The Balaban J connectivity index is 1.49. The van der Waals surface area contributed by atoms with Crippen LogP contribution in [-0.4, -0.2) is 22.2 Å². The number of rotatable bonds is 3. The second-order valence-corrected chi connectivity index (χ2v) is 8.11. The molecular formula is C25H21N3O4. The number of hydrazone groups is 1. The lowest BCUT2D eigenvalue weighted by molar-refractivity contribution is -0.202. The number of aromatic hydroxyl groups is 1. The van der Waals surface area contributed by atoms with Gasteiger partial charge in [-0.15, -0.1) is 0 Å². The first-order chi connectivity index (χ1) is 15.4. The normalized spacial score (nSPS) is 20.1. The monoisotopic (exact) mass is 427 g/mol. The number of nitrogens with one attached hydrogen (secondary N) is 1. The molecular weight excluding hydrogens is 406 g/mol. The highest BCUT2D eigenvalue weighted by Gasteiger charge is 2.51. The van der Waals surface area contributed by atoms with Crippen LogP contribution in [0.25, 0.3) is 6.08 Å². The van der Waals surface area contributed by atoms with Crippen molar-refractivity contribution in [2.24, 2.45) is 5.10 Å². The number of hydrogen-bond acceptors (Lipinski definition) is 6. The Morgan fingerprint density at radius 2 is 1.84 bits per heavy atom. The summed E-state index contributed by atoms with van der Waals surface area (Å²) >= 11 is 0. The van der Waals surface area contributed by atoms with Crippen LogP contribution in [0, 0.1) is 0 Å². The van der Waals surface area contributed by atoms with Gasteiger partial charge < -0.3 is 14.6 Å². The van der Waals surface area contributed by atoms with E-state index in [1.807, 2.05) is 50.3 Å². The van der Waals surface area contributed by atoms with E-state index in [0.29, 0.717) is 16.9 Å². The van der Waals surface area contributed by atoms with Crippen LogP contribution < -0.4 is 10.2 Å². The number of amides is 1. The van der Waals surface area contributed by atoms with Crippen LogP contribution in [0.1, 0.15) is 46.5 Å². The average Bonchev–Trinajstić information content (AvgIpc) is 3.02. The van der Waals surface area contributed by atoms with Crippen molar-refractivity contribution in [2.75, 3.05) is 0 Å². The van der Waals surface area contributed by atoms with Gasteiger partial charge in [-0.3, -0.25) is 9.78 Å². The van der Waals surface area contributed by atoms with Crippen molar-refractivity contribution in [3.63, 3.8) is 0 Å². The molecule has 2 aliphatic heterocycles. The molecule has 2 N–H and O–H groups in total. The molecule has 7 heteroatoms. The van der Waals surface area contributed by atoms with Gasteiger partial charge in [0.05, 0.1) is 17.4 Å². The van der Waals surface area contributed by atoms with Gasteiger partial charge >= 0.3 is 0 Å². The van der Waals surface area contributed by atoms with E-state index in [2.05, 4.69) is 15.5 Å². The lowest BCUT2D eigenvalue weighted by atomic mass is 9.92. The number of carbonyl (C=O) groups excluding carboxylic acids is 1. The first-order valence-electron chi connectivity index (χ1n) is 10.2. The van der Waals surface area contributed by atoms with Crippen LogP contribution in [0.5, 0.6) is 11.5 Å². The summed E-state index contributed by atoms with van der Waals surface area (Å²) in [6.45, 7) is 3.99. The molecule has 32 heavy (non-hydrogen) atoms. The van der Waals surface area contributed by atoms with Crippen LogP contribution >= 0.6 is 0 Å². The Bertz CT molecular complexity index is 1270. The predicted octanol–water partition coefficient (Wildman–Crippen LogP) is 4.08. The first-order valence-corrected chi connectivity index (χ1v) is 10.2. The lowest BCUT2D eigenvalue weighted by Crippen LogP contribution is -2.35. The molecule has 1 aromatic heterocycles. The Labute approximate surface area is 185 Å². The largest absolute Gasteiger partial charge is 0.507 e. The fraction of sp³-hybridized carbons (Fsp3) is 0.160. The number of pyridine rings is 1. The summed E-state index contributed by atoms with van der Waals surface area (Å²) < 4.78 is 12.8. The number of phenolic OH excluding ortho intramolecular Hbond substituents is 1. The van der Waals surface area contributed by atoms with Gasteiger partial charge in [0, 0.05) is 29.1 Å². The minimum absolute atomic E-state index is 0.0262. The molecule has 0 radical (unpaired) electrons. The van der Waals surface area contributed by atoms with Crippen molar-refractivity contribution in [3.8, 4) is 11.5 Å². The molecule has 0 aliphatic carbocycles. The van der Waals surface area contributed by atoms with E-state index in [0.717, 1.165) is 16.7 Å². The minimum atomic E-state index is -1.12. The van der Waals surface area contributed by atoms with Crippen molar-refractivity contribution in [2.45, 2.75) is 25.2 Å². The average molecular weight is 427 g/mol. The van der Waals surface area contributed by atoms with E-state index in [1.165, 1.54) is 18.6 Å². The smallest absolute Gasteiger partial charge is 0.271 e. The molecule has 1 atom stereocenters.